The molecule has 5 aliphatic rings. The lowest BCUT2D eigenvalue weighted by Crippen LogP contribution is -2.70. The number of carbonyl (C=O) groups excluding carboxylic acids is 1. The van der Waals surface area contributed by atoms with Crippen molar-refractivity contribution in [2.75, 3.05) is 7.11 Å². The van der Waals surface area contributed by atoms with Gasteiger partial charge in [-0.25, -0.2) is 9.78 Å². The van der Waals surface area contributed by atoms with Gasteiger partial charge in [0.1, 0.15) is 5.75 Å². The molecule has 1 saturated carbocycles. The van der Waals surface area contributed by atoms with Crippen LogP contribution in [0.2, 0.25) is 0 Å². The zero-order chi connectivity index (χ0) is 21.8. The summed E-state index contributed by atoms with van der Waals surface area (Å²) in [5.74, 6) is 0.834. The van der Waals surface area contributed by atoms with Crippen LogP contribution in [-0.4, -0.2) is 37.0 Å². The molecule has 2 unspecified atom stereocenters. The van der Waals surface area contributed by atoms with Gasteiger partial charge in [0.2, 0.25) is 12.1 Å². The molecule has 7 heteroatoms. The lowest BCUT2D eigenvalue weighted by molar-refractivity contribution is -0.575. The Morgan fingerprint density at radius 2 is 1.87 bits per heavy atom. The van der Waals surface area contributed by atoms with E-state index >= 15 is 0 Å². The van der Waals surface area contributed by atoms with Crippen LogP contribution in [0.1, 0.15) is 52.0 Å². The SMILES string of the molecule is COC(=O)Cc1ccc(O[C@H]2O[C@@H]3O[C@]4(C)CCC5[C@H](C)CCC([C@H]2C)[C@]53OO4)cc1. The van der Waals surface area contributed by atoms with Crippen molar-refractivity contribution < 1.29 is 33.5 Å². The van der Waals surface area contributed by atoms with E-state index in [4.69, 9.17) is 28.7 Å². The van der Waals surface area contributed by atoms with Gasteiger partial charge in [-0.15, -0.1) is 0 Å². The van der Waals surface area contributed by atoms with Gasteiger partial charge in [-0.3, -0.25) is 4.79 Å². The summed E-state index contributed by atoms with van der Waals surface area (Å²) < 4.78 is 23.8. The Morgan fingerprint density at radius 3 is 2.61 bits per heavy atom. The highest BCUT2D eigenvalue weighted by atomic mass is 17.3. The molecular weight excluding hydrogens is 400 g/mol. The monoisotopic (exact) mass is 432 g/mol. The Hall–Kier alpha value is -1.67. The maximum atomic E-state index is 11.5. The molecular formula is C24H32O7. The van der Waals surface area contributed by atoms with Crippen molar-refractivity contribution in [2.24, 2.45) is 23.7 Å². The Labute approximate surface area is 183 Å². The quantitative estimate of drug-likeness (QED) is 0.526. The number of esters is 1. The second-order valence-electron chi connectivity index (χ2n) is 9.79. The molecule has 1 aromatic carbocycles. The molecule has 31 heavy (non-hydrogen) atoms. The molecule has 0 N–H and O–H groups in total. The van der Waals surface area contributed by atoms with Crippen LogP contribution in [0.3, 0.4) is 0 Å². The minimum absolute atomic E-state index is 0.107. The molecule has 6 rings (SSSR count). The first-order chi connectivity index (χ1) is 14.8. The summed E-state index contributed by atoms with van der Waals surface area (Å²) in [6, 6.07) is 7.49. The normalized spacial score (nSPS) is 43.6. The van der Waals surface area contributed by atoms with E-state index in [2.05, 4.69) is 13.8 Å². The zero-order valence-electron chi connectivity index (χ0n) is 18.7. The molecule has 170 valence electrons. The number of benzene rings is 1. The standard InChI is InChI=1S/C24H32O7/c1-14-5-10-19-15(2)21(27-17-8-6-16(7-9-17)13-20(25)26-4)28-22-24(19)18(14)11-12-23(3,29-22)30-31-24/h6-9,14-15,18-19,21-22H,5,10-13H2,1-4H3/t14-,15-,18?,19?,21+,22-,23+,24-/m1/s1. The van der Waals surface area contributed by atoms with Crippen molar-refractivity contribution in [2.45, 2.75) is 76.8 Å². The highest BCUT2D eigenvalue weighted by Gasteiger charge is 2.69. The van der Waals surface area contributed by atoms with E-state index in [-0.39, 0.29) is 24.2 Å². The van der Waals surface area contributed by atoms with Crippen LogP contribution < -0.4 is 4.74 Å². The second kappa shape index (κ2) is 7.73. The van der Waals surface area contributed by atoms with Gasteiger partial charge < -0.3 is 18.9 Å². The van der Waals surface area contributed by atoms with E-state index in [0.717, 1.165) is 31.2 Å². The highest BCUT2D eigenvalue weighted by molar-refractivity contribution is 5.72. The molecule has 1 aromatic rings. The van der Waals surface area contributed by atoms with Crippen LogP contribution in [-0.2, 0) is 35.2 Å². The Bertz CT molecular complexity index is 826. The van der Waals surface area contributed by atoms with E-state index in [1.807, 2.05) is 31.2 Å². The van der Waals surface area contributed by atoms with Crippen molar-refractivity contribution in [1.82, 2.24) is 0 Å². The van der Waals surface area contributed by atoms with Gasteiger partial charge in [0.15, 0.2) is 11.9 Å². The zero-order valence-corrected chi connectivity index (χ0v) is 18.7. The predicted octanol–water partition coefficient (Wildman–Crippen LogP) is 3.99. The maximum absolute atomic E-state index is 11.5. The van der Waals surface area contributed by atoms with E-state index in [1.54, 1.807) is 0 Å². The van der Waals surface area contributed by atoms with E-state index in [1.165, 1.54) is 7.11 Å². The number of fused-ring (bicyclic) bond motifs is 2. The van der Waals surface area contributed by atoms with Crippen LogP contribution in [0.4, 0.5) is 0 Å². The third kappa shape index (κ3) is 3.46. The predicted molar refractivity (Wildman–Crippen MR) is 110 cm³/mol. The Balaban J connectivity index is 1.38. The average molecular weight is 433 g/mol. The molecule has 2 bridgehead atoms. The summed E-state index contributed by atoms with van der Waals surface area (Å²) in [4.78, 5) is 23.5. The number of hydrogen-bond acceptors (Lipinski definition) is 7. The number of ether oxygens (including phenoxy) is 4. The molecule has 8 atom stereocenters. The number of methoxy groups -OCH3 is 1. The van der Waals surface area contributed by atoms with Crippen molar-refractivity contribution in [3.63, 3.8) is 0 Å². The minimum Gasteiger partial charge on any atom is -0.469 e. The van der Waals surface area contributed by atoms with Gasteiger partial charge >= 0.3 is 5.97 Å². The number of hydrogen-bond donors (Lipinski definition) is 0. The van der Waals surface area contributed by atoms with Crippen molar-refractivity contribution >= 4 is 5.97 Å². The summed E-state index contributed by atoms with van der Waals surface area (Å²) in [6.45, 7) is 6.40. The summed E-state index contributed by atoms with van der Waals surface area (Å²) in [6.07, 6.45) is 3.25. The maximum Gasteiger partial charge on any atom is 0.309 e. The van der Waals surface area contributed by atoms with Gasteiger partial charge in [-0.1, -0.05) is 26.0 Å². The smallest absolute Gasteiger partial charge is 0.309 e. The van der Waals surface area contributed by atoms with Crippen LogP contribution in [0.15, 0.2) is 24.3 Å². The fraction of sp³-hybridized carbons (Fsp3) is 0.708. The van der Waals surface area contributed by atoms with Crippen LogP contribution in [0.5, 0.6) is 5.75 Å². The molecule has 4 aliphatic heterocycles. The third-order valence-electron chi connectivity index (χ3n) is 7.85. The average Bonchev–Trinajstić information content (AvgIpc) is 2.99. The van der Waals surface area contributed by atoms with Gasteiger partial charge in [0.25, 0.3) is 0 Å². The molecule has 1 aliphatic carbocycles. The molecule has 0 aromatic heterocycles. The fourth-order valence-electron chi connectivity index (χ4n) is 6.07. The van der Waals surface area contributed by atoms with Crippen molar-refractivity contribution in [1.29, 1.82) is 0 Å². The van der Waals surface area contributed by atoms with Crippen LogP contribution >= 0.6 is 0 Å². The Kier molecular flexibility index (Phi) is 5.28. The highest BCUT2D eigenvalue weighted by Crippen LogP contribution is 2.60. The van der Waals surface area contributed by atoms with Gasteiger partial charge in [0, 0.05) is 18.3 Å². The Morgan fingerprint density at radius 1 is 1.10 bits per heavy atom. The lowest BCUT2D eigenvalue weighted by Gasteiger charge is -2.60. The summed E-state index contributed by atoms with van der Waals surface area (Å²) >= 11 is 0. The molecule has 1 spiro atoms. The van der Waals surface area contributed by atoms with Crippen molar-refractivity contribution in [3.05, 3.63) is 29.8 Å². The first kappa shape index (κ1) is 21.2. The third-order valence-corrected chi connectivity index (χ3v) is 7.85. The summed E-state index contributed by atoms with van der Waals surface area (Å²) in [5.41, 5.74) is 0.292. The fourth-order valence-corrected chi connectivity index (χ4v) is 6.07. The van der Waals surface area contributed by atoms with Crippen LogP contribution in [0, 0.1) is 23.7 Å². The summed E-state index contributed by atoms with van der Waals surface area (Å²) in [5, 5.41) is 0. The molecule has 0 amide bonds. The van der Waals surface area contributed by atoms with Gasteiger partial charge in [-0.05, 0) is 55.7 Å². The topological polar surface area (TPSA) is 72.5 Å². The number of rotatable bonds is 4. The molecule has 5 fully saturated rings. The van der Waals surface area contributed by atoms with E-state index < -0.39 is 24.0 Å². The molecule has 4 saturated heterocycles. The van der Waals surface area contributed by atoms with E-state index in [9.17, 15) is 4.79 Å². The summed E-state index contributed by atoms with van der Waals surface area (Å²) in [7, 11) is 1.39. The number of carbonyl (C=O) groups is 1. The van der Waals surface area contributed by atoms with Crippen molar-refractivity contribution in [3.8, 4) is 5.75 Å². The first-order valence-corrected chi connectivity index (χ1v) is 11.4. The molecule has 0 radical (unpaired) electrons. The van der Waals surface area contributed by atoms with Crippen LogP contribution in [0.25, 0.3) is 0 Å². The molecule has 4 heterocycles. The lowest BCUT2D eigenvalue weighted by atomic mass is 9.58. The largest absolute Gasteiger partial charge is 0.469 e. The van der Waals surface area contributed by atoms with E-state index in [0.29, 0.717) is 17.6 Å². The second-order valence-corrected chi connectivity index (χ2v) is 9.79. The minimum atomic E-state index is -0.793. The van der Waals surface area contributed by atoms with Gasteiger partial charge in [-0.2, -0.15) is 0 Å². The molecule has 7 nitrogen and oxygen atoms in total. The van der Waals surface area contributed by atoms with Gasteiger partial charge in [0.05, 0.1) is 13.5 Å². The first-order valence-electron chi connectivity index (χ1n) is 11.4.